The number of aryl methyl sites for hydroxylation is 1. The van der Waals surface area contributed by atoms with Crippen molar-refractivity contribution in [2.45, 2.75) is 75.4 Å². The number of furan rings is 1. The summed E-state index contributed by atoms with van der Waals surface area (Å²) in [6, 6.07) is 0.383. The van der Waals surface area contributed by atoms with Crippen LogP contribution in [0.3, 0.4) is 0 Å². The number of benzene rings is 1. The molecular formula is C22H25FN2O5S. The van der Waals surface area contributed by atoms with E-state index in [4.69, 9.17) is 4.42 Å². The summed E-state index contributed by atoms with van der Waals surface area (Å²) in [5.41, 5.74) is 2.65. The Bertz CT molecular complexity index is 1160. The summed E-state index contributed by atoms with van der Waals surface area (Å²) in [6.07, 6.45) is 5.89. The highest BCUT2D eigenvalue weighted by molar-refractivity contribution is 7.89. The molecule has 3 aliphatic carbocycles. The van der Waals surface area contributed by atoms with Crippen LogP contribution in [0.4, 0.5) is 14.9 Å². The van der Waals surface area contributed by atoms with Crippen molar-refractivity contribution in [2.24, 2.45) is 0 Å². The van der Waals surface area contributed by atoms with Crippen LogP contribution in [0.25, 0.3) is 0 Å². The van der Waals surface area contributed by atoms with Gasteiger partial charge in [0.2, 0.25) is 5.09 Å². The van der Waals surface area contributed by atoms with Crippen LogP contribution in [0.1, 0.15) is 66.2 Å². The third-order valence-electron chi connectivity index (χ3n) is 6.73. The molecule has 0 spiro atoms. The van der Waals surface area contributed by atoms with Crippen molar-refractivity contribution in [3.63, 3.8) is 0 Å². The lowest BCUT2D eigenvalue weighted by Gasteiger charge is -2.26. The number of carbonyl (C=O) groups is 1. The summed E-state index contributed by atoms with van der Waals surface area (Å²) >= 11 is 0. The van der Waals surface area contributed by atoms with Gasteiger partial charge in [-0.15, -0.1) is 0 Å². The fourth-order valence-corrected chi connectivity index (χ4v) is 6.14. The van der Waals surface area contributed by atoms with Gasteiger partial charge in [0.1, 0.15) is 11.6 Å². The van der Waals surface area contributed by atoms with Gasteiger partial charge in [-0.3, -0.25) is 0 Å². The summed E-state index contributed by atoms with van der Waals surface area (Å²) < 4.78 is 47.8. The van der Waals surface area contributed by atoms with Crippen LogP contribution in [0.2, 0.25) is 0 Å². The maximum Gasteiger partial charge on any atom is 0.333 e. The molecule has 1 aromatic carbocycles. The van der Waals surface area contributed by atoms with Gasteiger partial charge in [0, 0.05) is 23.7 Å². The number of urea groups is 1. The van der Waals surface area contributed by atoms with E-state index < -0.39 is 26.7 Å². The molecule has 1 unspecified atom stereocenters. The molecule has 1 aromatic heterocycles. The number of nitrogens with one attached hydrogen (secondary N) is 2. The number of sulfonamides is 1. The quantitative estimate of drug-likeness (QED) is 0.667. The lowest BCUT2D eigenvalue weighted by atomic mass is 9.85. The SMILES string of the molecule is CC1(O)CCCc2oc(S(=O)(=O)NC(=O)Nc3c4c(c(F)c5c3CCC5)CCC4)cc21. The Labute approximate surface area is 180 Å². The van der Waals surface area contributed by atoms with Crippen LogP contribution in [-0.4, -0.2) is 19.6 Å². The van der Waals surface area contributed by atoms with E-state index in [1.165, 1.54) is 6.07 Å². The van der Waals surface area contributed by atoms with Crippen LogP contribution in [-0.2, 0) is 47.7 Å². The van der Waals surface area contributed by atoms with E-state index in [9.17, 15) is 22.7 Å². The monoisotopic (exact) mass is 448 g/mol. The number of fused-ring (bicyclic) bond motifs is 3. The molecule has 3 aliphatic rings. The summed E-state index contributed by atoms with van der Waals surface area (Å²) in [5.74, 6) is 0.262. The lowest BCUT2D eigenvalue weighted by molar-refractivity contribution is 0.0362. The third kappa shape index (κ3) is 3.34. The fraction of sp³-hybridized carbons (Fsp3) is 0.500. The highest BCUT2D eigenvalue weighted by atomic mass is 32.2. The Morgan fingerprint density at radius 2 is 1.68 bits per heavy atom. The second-order valence-corrected chi connectivity index (χ2v) is 10.5. The zero-order valence-electron chi connectivity index (χ0n) is 17.3. The first kappa shape index (κ1) is 20.5. The summed E-state index contributed by atoms with van der Waals surface area (Å²) in [5, 5.41) is 12.8. The average molecular weight is 449 g/mol. The van der Waals surface area contributed by atoms with Crippen LogP contribution < -0.4 is 10.0 Å². The molecule has 0 bridgehead atoms. The third-order valence-corrected chi connectivity index (χ3v) is 7.92. The molecule has 1 heterocycles. The second-order valence-electron chi connectivity index (χ2n) is 8.90. The lowest BCUT2D eigenvalue weighted by Crippen LogP contribution is -2.35. The van der Waals surface area contributed by atoms with Crippen LogP contribution in [0.15, 0.2) is 15.6 Å². The van der Waals surface area contributed by atoms with Crippen molar-refractivity contribution in [1.82, 2.24) is 4.72 Å². The number of rotatable bonds is 3. The van der Waals surface area contributed by atoms with Crippen LogP contribution >= 0.6 is 0 Å². The summed E-state index contributed by atoms with van der Waals surface area (Å²) in [4.78, 5) is 12.7. The Hall–Kier alpha value is -2.39. The summed E-state index contributed by atoms with van der Waals surface area (Å²) in [6.45, 7) is 1.62. The molecule has 0 fully saturated rings. The van der Waals surface area contributed by atoms with Crippen molar-refractivity contribution in [2.75, 3.05) is 5.32 Å². The van der Waals surface area contributed by atoms with Crippen LogP contribution in [0.5, 0.6) is 0 Å². The number of carbonyl (C=O) groups excluding carboxylic acids is 1. The minimum atomic E-state index is -4.27. The first-order valence-electron chi connectivity index (χ1n) is 10.7. The molecule has 0 saturated heterocycles. The Morgan fingerprint density at radius 3 is 2.29 bits per heavy atom. The number of amides is 2. The first-order valence-corrected chi connectivity index (χ1v) is 12.2. The van der Waals surface area contributed by atoms with Gasteiger partial charge in [-0.05, 0) is 80.5 Å². The fourth-order valence-electron chi connectivity index (χ4n) is 5.26. The average Bonchev–Trinajstić information content (AvgIpc) is 3.43. The van der Waals surface area contributed by atoms with Gasteiger partial charge < -0.3 is 14.8 Å². The summed E-state index contributed by atoms with van der Waals surface area (Å²) in [7, 11) is -4.27. The zero-order chi connectivity index (χ0) is 22.0. The van der Waals surface area contributed by atoms with Gasteiger partial charge in [-0.1, -0.05) is 0 Å². The number of anilines is 1. The van der Waals surface area contributed by atoms with E-state index in [0.717, 1.165) is 24.0 Å². The van der Waals surface area contributed by atoms with Crippen molar-refractivity contribution < 1.29 is 27.1 Å². The Morgan fingerprint density at radius 1 is 1.06 bits per heavy atom. The maximum atomic E-state index is 14.8. The van der Waals surface area contributed by atoms with Crippen LogP contribution in [0, 0.1) is 5.82 Å². The predicted molar refractivity (Wildman–Crippen MR) is 111 cm³/mol. The minimum absolute atomic E-state index is 0.160. The normalized spacial score (nSPS) is 22.0. The molecule has 9 heteroatoms. The smallest absolute Gasteiger partial charge is 0.333 e. The molecule has 5 rings (SSSR count). The van der Waals surface area contributed by atoms with Crippen molar-refractivity contribution in [1.29, 1.82) is 0 Å². The topological polar surface area (TPSA) is 109 Å². The van der Waals surface area contributed by atoms with Crippen molar-refractivity contribution >= 4 is 21.7 Å². The molecule has 0 radical (unpaired) electrons. The van der Waals surface area contributed by atoms with E-state index in [2.05, 4.69) is 5.32 Å². The molecule has 0 aliphatic heterocycles. The minimum Gasteiger partial charge on any atom is -0.447 e. The van der Waals surface area contributed by atoms with E-state index in [0.29, 0.717) is 73.1 Å². The number of halogens is 1. The van der Waals surface area contributed by atoms with E-state index in [1.807, 2.05) is 4.72 Å². The molecule has 7 nitrogen and oxygen atoms in total. The number of aliphatic hydroxyl groups is 1. The van der Waals surface area contributed by atoms with Gasteiger partial charge in [-0.2, -0.15) is 8.42 Å². The van der Waals surface area contributed by atoms with E-state index in [1.54, 1.807) is 6.92 Å². The van der Waals surface area contributed by atoms with Crippen molar-refractivity contribution in [3.8, 4) is 0 Å². The highest BCUT2D eigenvalue weighted by Gasteiger charge is 2.36. The highest BCUT2D eigenvalue weighted by Crippen LogP contribution is 2.41. The molecule has 2 aromatic rings. The molecule has 31 heavy (non-hydrogen) atoms. The Kier molecular flexibility index (Phi) is 4.67. The van der Waals surface area contributed by atoms with Crippen molar-refractivity contribution in [3.05, 3.63) is 45.5 Å². The first-order chi connectivity index (χ1) is 14.7. The molecule has 166 valence electrons. The molecule has 0 saturated carbocycles. The zero-order valence-corrected chi connectivity index (χ0v) is 18.1. The van der Waals surface area contributed by atoms with Gasteiger partial charge in [-0.25, -0.2) is 13.9 Å². The second kappa shape index (κ2) is 7.06. The molecule has 3 N–H and O–H groups in total. The van der Waals surface area contributed by atoms with Gasteiger partial charge in [0.25, 0.3) is 10.0 Å². The molecule has 1 atom stereocenters. The van der Waals surface area contributed by atoms with Gasteiger partial charge in [0.05, 0.1) is 5.60 Å². The number of hydrogen-bond donors (Lipinski definition) is 3. The molecule has 2 amide bonds. The van der Waals surface area contributed by atoms with Gasteiger partial charge in [0.15, 0.2) is 0 Å². The molecular weight excluding hydrogens is 423 g/mol. The Balaban J connectivity index is 1.42. The maximum absolute atomic E-state index is 14.8. The van der Waals surface area contributed by atoms with E-state index in [-0.39, 0.29) is 5.82 Å². The largest absolute Gasteiger partial charge is 0.447 e. The van der Waals surface area contributed by atoms with E-state index >= 15 is 0 Å². The van der Waals surface area contributed by atoms with Gasteiger partial charge >= 0.3 is 6.03 Å². The standard InChI is InChI=1S/C22H25FN2O5S/c1-22(27)10-4-9-17-16(22)11-18(30-17)31(28,29)25-21(26)24-20-14-7-2-5-12(14)19(23)13-6-3-8-15(13)20/h11,27H,2-10H2,1H3,(H2,24,25,26). The number of hydrogen-bond acceptors (Lipinski definition) is 5. The predicted octanol–water partition coefficient (Wildman–Crippen LogP) is 3.45.